The molecule has 3 rings (SSSR count). The summed E-state index contributed by atoms with van der Waals surface area (Å²) in [6.07, 6.45) is 1.16. The van der Waals surface area contributed by atoms with E-state index in [1.165, 1.54) is 32.4 Å². The molecule has 0 aromatic heterocycles. The third-order valence-electron chi connectivity index (χ3n) is 3.73. The van der Waals surface area contributed by atoms with E-state index in [0.717, 1.165) is 6.21 Å². The van der Waals surface area contributed by atoms with Crippen molar-refractivity contribution in [3.8, 4) is 23.0 Å². The fourth-order valence-electron chi connectivity index (χ4n) is 2.41. The van der Waals surface area contributed by atoms with E-state index in [0.29, 0.717) is 22.8 Å². The maximum atomic E-state index is 12.2. The van der Waals surface area contributed by atoms with Gasteiger partial charge in [-0.2, -0.15) is 5.10 Å². The van der Waals surface area contributed by atoms with Gasteiger partial charge in [0, 0.05) is 5.56 Å². The minimum absolute atomic E-state index is 0.0987. The molecular weight excluding hydrogens is 358 g/mol. The maximum absolute atomic E-state index is 12.2. The van der Waals surface area contributed by atoms with E-state index < -0.39 is 10.8 Å². The molecule has 0 spiro atoms. The molecule has 2 aromatic carbocycles. The first-order chi connectivity index (χ1) is 13.0. The third-order valence-corrected chi connectivity index (χ3v) is 3.73. The number of ether oxygens (including phenoxy) is 4. The predicted molar refractivity (Wildman–Crippen MR) is 93.8 cm³/mol. The van der Waals surface area contributed by atoms with Crippen molar-refractivity contribution in [1.82, 2.24) is 5.43 Å². The number of rotatable bonds is 6. The second kappa shape index (κ2) is 7.60. The molecule has 0 unspecified atom stereocenters. The first-order valence-corrected chi connectivity index (χ1v) is 7.67. The summed E-state index contributed by atoms with van der Waals surface area (Å²) in [5.41, 5.74) is 2.51. The Balaban J connectivity index is 1.79. The van der Waals surface area contributed by atoms with Crippen molar-refractivity contribution in [2.45, 2.75) is 0 Å². The first kappa shape index (κ1) is 18.0. The minimum Gasteiger partial charge on any atom is -0.493 e. The van der Waals surface area contributed by atoms with Crippen molar-refractivity contribution in [2.75, 3.05) is 21.0 Å². The number of methoxy groups -OCH3 is 2. The van der Waals surface area contributed by atoms with Crippen molar-refractivity contribution in [3.05, 3.63) is 51.6 Å². The molecule has 1 aliphatic rings. The van der Waals surface area contributed by atoms with Gasteiger partial charge in [-0.15, -0.1) is 0 Å². The van der Waals surface area contributed by atoms with E-state index in [1.54, 1.807) is 12.1 Å². The molecule has 1 amide bonds. The second-order valence-electron chi connectivity index (χ2n) is 5.29. The number of hydrogen-bond donors (Lipinski definition) is 1. The molecule has 0 bridgehead atoms. The zero-order valence-corrected chi connectivity index (χ0v) is 14.4. The number of benzene rings is 2. The van der Waals surface area contributed by atoms with Gasteiger partial charge in [-0.05, 0) is 24.3 Å². The van der Waals surface area contributed by atoms with Gasteiger partial charge in [-0.3, -0.25) is 14.9 Å². The normalized spacial score (nSPS) is 12.1. The van der Waals surface area contributed by atoms with Crippen LogP contribution in [-0.2, 0) is 0 Å². The van der Waals surface area contributed by atoms with E-state index in [1.807, 2.05) is 0 Å². The highest BCUT2D eigenvalue weighted by Crippen LogP contribution is 2.34. The van der Waals surface area contributed by atoms with Crippen LogP contribution in [0.3, 0.4) is 0 Å². The molecule has 10 heteroatoms. The highest BCUT2D eigenvalue weighted by molar-refractivity contribution is 5.96. The zero-order chi connectivity index (χ0) is 19.4. The van der Waals surface area contributed by atoms with Crippen LogP contribution < -0.4 is 24.4 Å². The van der Waals surface area contributed by atoms with Crippen LogP contribution in [0, 0.1) is 10.1 Å². The Morgan fingerprint density at radius 3 is 2.59 bits per heavy atom. The number of carbonyl (C=O) groups is 1. The highest BCUT2D eigenvalue weighted by Gasteiger charge is 2.19. The second-order valence-corrected chi connectivity index (χ2v) is 5.29. The Morgan fingerprint density at radius 2 is 1.89 bits per heavy atom. The van der Waals surface area contributed by atoms with Crippen LogP contribution in [0.25, 0.3) is 0 Å². The summed E-state index contributed by atoms with van der Waals surface area (Å²) < 4.78 is 20.6. The van der Waals surface area contributed by atoms with Crippen molar-refractivity contribution in [1.29, 1.82) is 0 Å². The van der Waals surface area contributed by atoms with Gasteiger partial charge in [-0.25, -0.2) is 5.43 Å². The largest absolute Gasteiger partial charge is 0.493 e. The lowest BCUT2D eigenvalue weighted by atomic mass is 10.1. The van der Waals surface area contributed by atoms with Crippen LogP contribution in [0.15, 0.2) is 35.4 Å². The number of carbonyl (C=O) groups excluding carboxylic acids is 1. The summed E-state index contributed by atoms with van der Waals surface area (Å²) in [6.45, 7) is 0.0987. The van der Waals surface area contributed by atoms with Gasteiger partial charge in [0.15, 0.2) is 23.0 Å². The number of nitrogens with zero attached hydrogens (tertiary/aromatic N) is 2. The lowest BCUT2D eigenvalue weighted by Gasteiger charge is -2.08. The van der Waals surface area contributed by atoms with E-state index in [2.05, 4.69) is 10.5 Å². The van der Waals surface area contributed by atoms with Gasteiger partial charge in [-0.1, -0.05) is 0 Å². The number of nitro groups is 1. The number of hydrazone groups is 1. The summed E-state index contributed by atoms with van der Waals surface area (Å²) in [7, 11) is 2.78. The molecule has 1 heterocycles. The van der Waals surface area contributed by atoms with Crippen molar-refractivity contribution in [2.24, 2.45) is 5.10 Å². The SMILES string of the molecule is COc1cc(/C=N\NC(=O)c2ccc3c(c2)OCO3)c([N+](=O)[O-])cc1OC. The Bertz CT molecular complexity index is 927. The van der Waals surface area contributed by atoms with Crippen molar-refractivity contribution >= 4 is 17.8 Å². The Kier molecular flexibility index (Phi) is 5.06. The van der Waals surface area contributed by atoms with Crippen LogP contribution in [0.2, 0.25) is 0 Å². The summed E-state index contributed by atoms with van der Waals surface area (Å²) in [5, 5.41) is 15.0. The van der Waals surface area contributed by atoms with Gasteiger partial charge < -0.3 is 18.9 Å². The molecule has 2 aromatic rings. The van der Waals surface area contributed by atoms with Crippen LogP contribution >= 0.6 is 0 Å². The molecule has 0 radical (unpaired) electrons. The van der Waals surface area contributed by atoms with Crippen molar-refractivity contribution in [3.63, 3.8) is 0 Å². The minimum atomic E-state index is -0.580. The lowest BCUT2D eigenvalue weighted by Crippen LogP contribution is -2.17. The van der Waals surface area contributed by atoms with Crippen molar-refractivity contribution < 1.29 is 28.7 Å². The molecule has 0 atom stereocenters. The number of fused-ring (bicyclic) bond motifs is 1. The topological polar surface area (TPSA) is 122 Å². The van der Waals surface area contributed by atoms with Crippen LogP contribution in [0.5, 0.6) is 23.0 Å². The fraction of sp³-hybridized carbons (Fsp3) is 0.176. The Labute approximate surface area is 153 Å². The smallest absolute Gasteiger partial charge is 0.282 e. The molecular formula is C17H15N3O7. The molecule has 0 aliphatic carbocycles. The Morgan fingerprint density at radius 1 is 1.19 bits per heavy atom. The average molecular weight is 373 g/mol. The zero-order valence-electron chi connectivity index (χ0n) is 14.4. The number of nitro benzene ring substituents is 1. The van der Waals surface area contributed by atoms with Crippen LogP contribution in [0.1, 0.15) is 15.9 Å². The number of hydrogen-bond acceptors (Lipinski definition) is 8. The standard InChI is InChI=1S/C17H15N3O7/c1-24-14-6-11(12(20(22)23)7-15(14)25-2)8-18-19-17(21)10-3-4-13-16(5-10)27-9-26-13/h3-8H,9H2,1-2H3,(H,19,21)/b18-8-. The molecule has 0 saturated carbocycles. The highest BCUT2D eigenvalue weighted by atomic mass is 16.7. The van der Waals surface area contributed by atoms with E-state index in [9.17, 15) is 14.9 Å². The Hall–Kier alpha value is -3.82. The summed E-state index contributed by atoms with van der Waals surface area (Å²) >= 11 is 0. The van der Waals surface area contributed by atoms with E-state index in [-0.39, 0.29) is 23.8 Å². The van der Waals surface area contributed by atoms with Crippen LogP contribution in [-0.4, -0.2) is 38.1 Å². The maximum Gasteiger partial charge on any atom is 0.282 e. The van der Waals surface area contributed by atoms with Gasteiger partial charge >= 0.3 is 0 Å². The van der Waals surface area contributed by atoms with E-state index >= 15 is 0 Å². The number of nitrogens with one attached hydrogen (secondary N) is 1. The summed E-state index contributed by atoms with van der Waals surface area (Å²) in [4.78, 5) is 22.8. The van der Waals surface area contributed by atoms with Gasteiger partial charge in [0.05, 0.1) is 37.0 Å². The third kappa shape index (κ3) is 3.73. The average Bonchev–Trinajstić information content (AvgIpc) is 3.14. The molecule has 1 N–H and O–H groups in total. The lowest BCUT2D eigenvalue weighted by molar-refractivity contribution is -0.385. The summed E-state index contributed by atoms with van der Waals surface area (Å²) in [5.74, 6) is 1.02. The molecule has 0 saturated heterocycles. The predicted octanol–water partition coefficient (Wildman–Crippen LogP) is 2.10. The number of amides is 1. The monoisotopic (exact) mass is 373 g/mol. The first-order valence-electron chi connectivity index (χ1n) is 7.67. The molecule has 10 nitrogen and oxygen atoms in total. The molecule has 140 valence electrons. The van der Waals surface area contributed by atoms with Gasteiger partial charge in [0.25, 0.3) is 11.6 Å². The molecule has 27 heavy (non-hydrogen) atoms. The van der Waals surface area contributed by atoms with E-state index in [4.69, 9.17) is 18.9 Å². The molecule has 0 fully saturated rings. The van der Waals surface area contributed by atoms with Crippen LogP contribution in [0.4, 0.5) is 5.69 Å². The quantitative estimate of drug-likeness (QED) is 0.467. The summed E-state index contributed by atoms with van der Waals surface area (Å²) in [6, 6.07) is 7.30. The van der Waals surface area contributed by atoms with Gasteiger partial charge in [0.1, 0.15) is 0 Å². The fourth-order valence-corrected chi connectivity index (χ4v) is 2.41. The molecule has 1 aliphatic heterocycles. The van der Waals surface area contributed by atoms with Gasteiger partial charge in [0.2, 0.25) is 6.79 Å².